The summed E-state index contributed by atoms with van der Waals surface area (Å²) in [7, 11) is 4.01. The van der Waals surface area contributed by atoms with Crippen molar-refractivity contribution >= 4 is 23.1 Å². The average molecular weight is 412 g/mol. The zero-order valence-electron chi connectivity index (χ0n) is 17.5. The third-order valence-corrected chi connectivity index (χ3v) is 6.09. The van der Waals surface area contributed by atoms with Crippen molar-refractivity contribution in [2.45, 2.75) is 18.9 Å². The Hall–Kier alpha value is -3.01. The number of anilines is 3. The molecule has 0 spiro atoms. The SMILES string of the molecule is CN1CCC(N(C)c2ncnc(N3CCN(c4ccccn4)CC3)c2[N+](=O)[O-])CC1. The first-order chi connectivity index (χ1) is 14.5. The molecule has 10 heteroatoms. The van der Waals surface area contributed by atoms with Crippen LogP contribution in [0.25, 0.3) is 0 Å². The number of hydrogen-bond acceptors (Lipinski definition) is 9. The number of rotatable bonds is 5. The molecule has 2 saturated heterocycles. The standard InChI is InChI=1S/C20H28N8O2/c1-24-9-6-16(7-10-24)25(2)19-18(28(29)30)20(23-15-22-19)27-13-11-26(12-14-27)17-5-3-4-8-21-17/h3-5,8,15-16H,6-7,9-14H2,1-2H3. The van der Waals surface area contributed by atoms with Gasteiger partial charge in [0.2, 0.25) is 11.6 Å². The molecule has 0 aromatic carbocycles. The lowest BCUT2D eigenvalue weighted by atomic mass is 10.0. The van der Waals surface area contributed by atoms with Crippen molar-refractivity contribution in [2.24, 2.45) is 0 Å². The van der Waals surface area contributed by atoms with Gasteiger partial charge in [-0.3, -0.25) is 10.1 Å². The zero-order chi connectivity index (χ0) is 21.1. The second kappa shape index (κ2) is 8.78. The van der Waals surface area contributed by atoms with Crippen molar-refractivity contribution in [3.05, 3.63) is 40.8 Å². The molecule has 0 radical (unpaired) electrons. The second-order valence-electron chi connectivity index (χ2n) is 7.93. The van der Waals surface area contributed by atoms with Gasteiger partial charge in [-0.05, 0) is 45.1 Å². The van der Waals surface area contributed by atoms with E-state index in [2.05, 4.69) is 31.8 Å². The van der Waals surface area contributed by atoms with Gasteiger partial charge >= 0.3 is 5.69 Å². The van der Waals surface area contributed by atoms with E-state index in [0.29, 0.717) is 24.7 Å². The minimum Gasteiger partial charge on any atom is -0.353 e. The Morgan fingerprint density at radius 1 is 1.03 bits per heavy atom. The van der Waals surface area contributed by atoms with Crippen LogP contribution >= 0.6 is 0 Å². The number of hydrogen-bond donors (Lipinski definition) is 0. The molecule has 2 fully saturated rings. The summed E-state index contributed by atoms with van der Waals surface area (Å²) in [4.78, 5) is 33.2. The molecule has 0 bridgehead atoms. The monoisotopic (exact) mass is 412 g/mol. The lowest BCUT2D eigenvalue weighted by Gasteiger charge is -2.37. The first kappa shape index (κ1) is 20.3. The number of nitrogens with zero attached hydrogens (tertiary/aromatic N) is 8. The van der Waals surface area contributed by atoms with E-state index in [9.17, 15) is 10.1 Å². The van der Waals surface area contributed by atoms with Crippen molar-refractivity contribution in [1.82, 2.24) is 19.9 Å². The minimum absolute atomic E-state index is 0.00483. The fourth-order valence-electron chi connectivity index (χ4n) is 4.26. The van der Waals surface area contributed by atoms with Crippen LogP contribution in [0, 0.1) is 10.1 Å². The summed E-state index contributed by atoms with van der Waals surface area (Å²) in [6, 6.07) is 6.09. The molecule has 0 saturated carbocycles. The molecule has 0 atom stereocenters. The molecule has 0 unspecified atom stereocenters. The molecule has 2 aliphatic rings. The van der Waals surface area contributed by atoms with E-state index in [1.807, 2.05) is 35.0 Å². The van der Waals surface area contributed by atoms with Crippen LogP contribution in [0.5, 0.6) is 0 Å². The molecule has 10 nitrogen and oxygen atoms in total. The van der Waals surface area contributed by atoms with Gasteiger partial charge in [0.05, 0.1) is 4.92 Å². The molecule has 0 N–H and O–H groups in total. The van der Waals surface area contributed by atoms with Crippen LogP contribution in [-0.2, 0) is 0 Å². The highest BCUT2D eigenvalue weighted by Gasteiger charge is 2.33. The number of piperidine rings is 1. The quantitative estimate of drug-likeness (QED) is 0.536. The van der Waals surface area contributed by atoms with Crippen LogP contribution in [0.2, 0.25) is 0 Å². The smallest absolute Gasteiger partial charge is 0.353 e. The van der Waals surface area contributed by atoms with Crippen LogP contribution in [0.15, 0.2) is 30.7 Å². The maximum absolute atomic E-state index is 12.1. The first-order valence-corrected chi connectivity index (χ1v) is 10.4. The Morgan fingerprint density at radius 2 is 1.73 bits per heavy atom. The van der Waals surface area contributed by atoms with Crippen molar-refractivity contribution in [3.63, 3.8) is 0 Å². The number of nitro groups is 1. The summed E-state index contributed by atoms with van der Waals surface area (Å²) < 4.78 is 0. The van der Waals surface area contributed by atoms with E-state index in [1.54, 1.807) is 6.20 Å². The Kier molecular flexibility index (Phi) is 5.93. The zero-order valence-corrected chi connectivity index (χ0v) is 17.5. The predicted octanol–water partition coefficient (Wildman–Crippen LogP) is 1.64. The molecule has 160 valence electrons. The van der Waals surface area contributed by atoms with Crippen LogP contribution in [0.4, 0.5) is 23.1 Å². The summed E-state index contributed by atoms with van der Waals surface area (Å²) in [5.41, 5.74) is 0.00483. The number of aromatic nitrogens is 3. The van der Waals surface area contributed by atoms with E-state index in [0.717, 1.165) is 44.8 Å². The summed E-state index contributed by atoms with van der Waals surface area (Å²) in [5.74, 6) is 1.74. The molecule has 0 amide bonds. The maximum atomic E-state index is 12.1. The van der Waals surface area contributed by atoms with Gasteiger partial charge in [-0.25, -0.2) is 15.0 Å². The van der Waals surface area contributed by atoms with Gasteiger partial charge in [-0.15, -0.1) is 0 Å². The van der Waals surface area contributed by atoms with Crippen LogP contribution in [0.1, 0.15) is 12.8 Å². The van der Waals surface area contributed by atoms with Gasteiger partial charge in [0.15, 0.2) is 0 Å². The summed E-state index contributed by atoms with van der Waals surface area (Å²) in [5, 5.41) is 12.1. The van der Waals surface area contributed by atoms with Gasteiger partial charge in [0.1, 0.15) is 12.1 Å². The third kappa shape index (κ3) is 4.13. The van der Waals surface area contributed by atoms with Crippen LogP contribution < -0.4 is 14.7 Å². The highest BCUT2D eigenvalue weighted by Crippen LogP contribution is 2.36. The molecule has 4 heterocycles. The Balaban J connectivity index is 1.54. The van der Waals surface area contributed by atoms with Crippen LogP contribution in [0.3, 0.4) is 0 Å². The Labute approximate surface area is 176 Å². The van der Waals surface area contributed by atoms with Crippen molar-refractivity contribution in [1.29, 1.82) is 0 Å². The molecular weight excluding hydrogens is 384 g/mol. The first-order valence-electron chi connectivity index (χ1n) is 10.4. The number of likely N-dealkylation sites (tertiary alicyclic amines) is 1. The van der Waals surface area contributed by atoms with Crippen molar-refractivity contribution in [2.75, 3.05) is 68.1 Å². The molecule has 2 aromatic rings. The number of pyridine rings is 1. The Bertz CT molecular complexity index is 864. The summed E-state index contributed by atoms with van der Waals surface area (Å²) >= 11 is 0. The molecule has 0 aliphatic carbocycles. The van der Waals surface area contributed by atoms with Gasteiger partial charge in [0.25, 0.3) is 0 Å². The molecule has 30 heavy (non-hydrogen) atoms. The highest BCUT2D eigenvalue weighted by atomic mass is 16.6. The molecular formula is C20H28N8O2. The van der Waals surface area contributed by atoms with Gasteiger partial charge in [-0.1, -0.05) is 6.07 Å². The third-order valence-electron chi connectivity index (χ3n) is 6.09. The van der Waals surface area contributed by atoms with E-state index < -0.39 is 0 Å². The van der Waals surface area contributed by atoms with Crippen molar-refractivity contribution in [3.8, 4) is 0 Å². The van der Waals surface area contributed by atoms with Crippen LogP contribution in [-0.4, -0.2) is 84.2 Å². The summed E-state index contributed by atoms with van der Waals surface area (Å²) in [6.45, 7) is 4.72. The van der Waals surface area contributed by atoms with E-state index in [-0.39, 0.29) is 16.7 Å². The molecule has 4 rings (SSSR count). The normalized spacial score (nSPS) is 18.5. The average Bonchev–Trinajstić information content (AvgIpc) is 2.79. The molecule has 2 aliphatic heterocycles. The van der Waals surface area contributed by atoms with Crippen molar-refractivity contribution < 1.29 is 4.92 Å². The van der Waals surface area contributed by atoms with E-state index in [4.69, 9.17) is 0 Å². The maximum Gasteiger partial charge on any atom is 0.353 e. The number of piperazine rings is 1. The highest BCUT2D eigenvalue weighted by molar-refractivity contribution is 5.71. The minimum atomic E-state index is -0.332. The van der Waals surface area contributed by atoms with Gasteiger partial charge in [0, 0.05) is 45.5 Å². The molecule has 2 aromatic heterocycles. The lowest BCUT2D eigenvalue weighted by molar-refractivity contribution is -0.383. The van der Waals surface area contributed by atoms with Gasteiger partial charge in [-0.2, -0.15) is 0 Å². The summed E-state index contributed by atoms with van der Waals surface area (Å²) in [6.07, 6.45) is 5.16. The van der Waals surface area contributed by atoms with E-state index in [1.165, 1.54) is 6.33 Å². The van der Waals surface area contributed by atoms with E-state index >= 15 is 0 Å². The fraction of sp³-hybridized carbons (Fsp3) is 0.550. The fourth-order valence-corrected chi connectivity index (χ4v) is 4.26. The lowest BCUT2D eigenvalue weighted by Crippen LogP contribution is -2.47. The second-order valence-corrected chi connectivity index (χ2v) is 7.93. The van der Waals surface area contributed by atoms with Gasteiger partial charge < -0.3 is 19.6 Å². The Morgan fingerprint density at radius 3 is 2.37 bits per heavy atom. The largest absolute Gasteiger partial charge is 0.353 e. The predicted molar refractivity (Wildman–Crippen MR) is 116 cm³/mol. The topological polar surface area (TPSA) is 94.8 Å².